The van der Waals surface area contributed by atoms with Gasteiger partial charge in [-0.05, 0) is 64.3 Å². The van der Waals surface area contributed by atoms with E-state index < -0.39 is 0 Å². The van der Waals surface area contributed by atoms with Crippen molar-refractivity contribution in [3.8, 4) is 0 Å². The van der Waals surface area contributed by atoms with Crippen LogP contribution in [0.2, 0.25) is 0 Å². The van der Waals surface area contributed by atoms with Gasteiger partial charge in [0, 0.05) is 0 Å². The first-order valence-electron chi connectivity index (χ1n) is 8.01. The maximum absolute atomic E-state index is 6.16. The first-order chi connectivity index (χ1) is 9.99. The fourth-order valence-electron chi connectivity index (χ4n) is 3.04. The zero-order chi connectivity index (χ0) is 15.4. The lowest BCUT2D eigenvalue weighted by atomic mass is 10.0. The Balaban J connectivity index is 1.94. The predicted octanol–water partition coefficient (Wildman–Crippen LogP) is 3.54. The maximum atomic E-state index is 6.16. The molecular formula is C18H29NO2. The SMILES string of the molecule is CNC(COC1CC(C)OC(C)C1)c1ccc(C)c(C)c1. The van der Waals surface area contributed by atoms with E-state index in [-0.39, 0.29) is 6.04 Å². The van der Waals surface area contributed by atoms with E-state index in [0.717, 1.165) is 12.8 Å². The number of ether oxygens (including phenoxy) is 2. The van der Waals surface area contributed by atoms with Crippen LogP contribution >= 0.6 is 0 Å². The Bertz CT molecular complexity index is 451. The molecule has 1 N–H and O–H groups in total. The van der Waals surface area contributed by atoms with E-state index in [1.165, 1.54) is 16.7 Å². The highest BCUT2D eigenvalue weighted by Crippen LogP contribution is 2.24. The molecule has 1 aliphatic heterocycles. The second-order valence-corrected chi connectivity index (χ2v) is 6.37. The van der Waals surface area contributed by atoms with Gasteiger partial charge in [-0.2, -0.15) is 0 Å². The van der Waals surface area contributed by atoms with Crippen LogP contribution in [0.5, 0.6) is 0 Å². The Morgan fingerprint density at radius 2 is 1.86 bits per heavy atom. The summed E-state index contributed by atoms with van der Waals surface area (Å²) in [4.78, 5) is 0. The Kier molecular flexibility index (Phi) is 5.80. The third kappa shape index (κ3) is 4.53. The van der Waals surface area contributed by atoms with Gasteiger partial charge in [-0.1, -0.05) is 18.2 Å². The van der Waals surface area contributed by atoms with Gasteiger partial charge in [0.1, 0.15) is 0 Å². The largest absolute Gasteiger partial charge is 0.376 e. The summed E-state index contributed by atoms with van der Waals surface area (Å²) in [6.07, 6.45) is 2.90. The molecule has 2 rings (SSSR count). The molecule has 3 unspecified atom stereocenters. The van der Waals surface area contributed by atoms with Crippen molar-refractivity contribution in [2.45, 2.75) is 64.9 Å². The van der Waals surface area contributed by atoms with Gasteiger partial charge in [0.25, 0.3) is 0 Å². The molecule has 0 bridgehead atoms. The number of hydrogen-bond acceptors (Lipinski definition) is 3. The molecule has 0 amide bonds. The van der Waals surface area contributed by atoms with Crippen LogP contribution in [-0.4, -0.2) is 32.0 Å². The molecule has 0 radical (unpaired) electrons. The number of hydrogen-bond donors (Lipinski definition) is 1. The summed E-state index contributed by atoms with van der Waals surface area (Å²) < 4.78 is 11.9. The zero-order valence-corrected chi connectivity index (χ0v) is 14.0. The van der Waals surface area contributed by atoms with Crippen molar-refractivity contribution in [3.63, 3.8) is 0 Å². The van der Waals surface area contributed by atoms with E-state index in [0.29, 0.717) is 24.9 Å². The quantitative estimate of drug-likeness (QED) is 0.900. The summed E-state index contributed by atoms with van der Waals surface area (Å²) in [5, 5.41) is 3.37. The first kappa shape index (κ1) is 16.5. The molecule has 1 aliphatic rings. The van der Waals surface area contributed by atoms with Crippen LogP contribution in [0.15, 0.2) is 18.2 Å². The molecule has 1 aromatic carbocycles. The number of rotatable bonds is 5. The molecule has 1 fully saturated rings. The first-order valence-corrected chi connectivity index (χ1v) is 8.01. The third-order valence-corrected chi connectivity index (χ3v) is 4.43. The van der Waals surface area contributed by atoms with Gasteiger partial charge in [0.15, 0.2) is 0 Å². The molecule has 3 nitrogen and oxygen atoms in total. The molecule has 0 aromatic heterocycles. The van der Waals surface area contributed by atoms with E-state index in [1.807, 2.05) is 7.05 Å². The van der Waals surface area contributed by atoms with Crippen LogP contribution in [0.3, 0.4) is 0 Å². The summed E-state index contributed by atoms with van der Waals surface area (Å²) in [5.41, 5.74) is 3.97. The molecule has 3 atom stereocenters. The van der Waals surface area contributed by atoms with Crippen LogP contribution in [0.1, 0.15) is 49.4 Å². The molecule has 3 heteroatoms. The van der Waals surface area contributed by atoms with Crippen molar-refractivity contribution < 1.29 is 9.47 Å². The molecular weight excluding hydrogens is 262 g/mol. The Hall–Kier alpha value is -0.900. The lowest BCUT2D eigenvalue weighted by Gasteiger charge is -2.33. The fourth-order valence-corrected chi connectivity index (χ4v) is 3.04. The summed E-state index contributed by atoms with van der Waals surface area (Å²) in [6, 6.07) is 6.89. The average molecular weight is 291 g/mol. The Morgan fingerprint density at radius 1 is 1.19 bits per heavy atom. The van der Waals surface area contributed by atoms with Crippen LogP contribution in [0, 0.1) is 13.8 Å². The Morgan fingerprint density at radius 3 is 2.43 bits per heavy atom. The molecule has 1 heterocycles. The van der Waals surface area contributed by atoms with E-state index >= 15 is 0 Å². The van der Waals surface area contributed by atoms with Gasteiger partial charge in [0.05, 0.1) is 31.0 Å². The number of benzene rings is 1. The molecule has 0 spiro atoms. The van der Waals surface area contributed by atoms with E-state index in [9.17, 15) is 0 Å². The average Bonchev–Trinajstić information content (AvgIpc) is 2.42. The van der Waals surface area contributed by atoms with Crippen molar-refractivity contribution in [1.29, 1.82) is 0 Å². The lowest BCUT2D eigenvalue weighted by molar-refractivity contribution is -0.104. The number of likely N-dealkylation sites (N-methyl/N-ethyl adjacent to an activating group) is 1. The smallest absolute Gasteiger partial charge is 0.0665 e. The molecule has 118 valence electrons. The molecule has 21 heavy (non-hydrogen) atoms. The molecule has 1 aromatic rings. The van der Waals surface area contributed by atoms with Gasteiger partial charge in [-0.3, -0.25) is 0 Å². The minimum Gasteiger partial charge on any atom is -0.376 e. The predicted molar refractivity (Wildman–Crippen MR) is 86.7 cm³/mol. The van der Waals surface area contributed by atoms with Crippen molar-refractivity contribution in [3.05, 3.63) is 34.9 Å². The minimum atomic E-state index is 0.248. The van der Waals surface area contributed by atoms with Crippen LogP contribution in [-0.2, 0) is 9.47 Å². The van der Waals surface area contributed by atoms with Crippen molar-refractivity contribution in [2.75, 3.05) is 13.7 Å². The minimum absolute atomic E-state index is 0.248. The van der Waals surface area contributed by atoms with Gasteiger partial charge >= 0.3 is 0 Å². The maximum Gasteiger partial charge on any atom is 0.0665 e. The summed E-state index contributed by atoms with van der Waals surface area (Å²) in [7, 11) is 2.00. The summed E-state index contributed by atoms with van der Waals surface area (Å²) in [6.45, 7) is 9.28. The van der Waals surface area contributed by atoms with Gasteiger partial charge in [-0.15, -0.1) is 0 Å². The third-order valence-electron chi connectivity index (χ3n) is 4.43. The number of aryl methyl sites for hydroxylation is 2. The van der Waals surface area contributed by atoms with E-state index in [4.69, 9.17) is 9.47 Å². The van der Waals surface area contributed by atoms with Crippen LogP contribution in [0.25, 0.3) is 0 Å². The number of nitrogens with one attached hydrogen (secondary N) is 1. The summed E-state index contributed by atoms with van der Waals surface area (Å²) in [5.74, 6) is 0. The standard InChI is InChI=1S/C18H29NO2/c1-12-6-7-16(8-13(12)2)18(19-5)11-20-17-9-14(3)21-15(4)10-17/h6-8,14-15,17-19H,9-11H2,1-5H3. The highest BCUT2D eigenvalue weighted by atomic mass is 16.5. The van der Waals surface area contributed by atoms with E-state index in [1.54, 1.807) is 0 Å². The van der Waals surface area contributed by atoms with Crippen molar-refractivity contribution in [2.24, 2.45) is 0 Å². The highest BCUT2D eigenvalue weighted by Gasteiger charge is 2.25. The van der Waals surface area contributed by atoms with Crippen molar-refractivity contribution >= 4 is 0 Å². The second-order valence-electron chi connectivity index (χ2n) is 6.37. The van der Waals surface area contributed by atoms with Gasteiger partial charge in [0.2, 0.25) is 0 Å². The van der Waals surface area contributed by atoms with Crippen LogP contribution in [0.4, 0.5) is 0 Å². The topological polar surface area (TPSA) is 30.5 Å². The van der Waals surface area contributed by atoms with Crippen LogP contribution < -0.4 is 5.32 Å². The van der Waals surface area contributed by atoms with Crippen molar-refractivity contribution in [1.82, 2.24) is 5.32 Å². The Labute approximate surface area is 129 Å². The molecule has 1 saturated heterocycles. The second kappa shape index (κ2) is 7.39. The van der Waals surface area contributed by atoms with Gasteiger partial charge < -0.3 is 14.8 Å². The normalized spacial score (nSPS) is 27.6. The highest BCUT2D eigenvalue weighted by molar-refractivity contribution is 5.31. The molecule has 0 saturated carbocycles. The lowest BCUT2D eigenvalue weighted by Crippen LogP contribution is -2.35. The summed E-state index contributed by atoms with van der Waals surface area (Å²) >= 11 is 0. The zero-order valence-electron chi connectivity index (χ0n) is 14.0. The molecule has 0 aliphatic carbocycles. The monoisotopic (exact) mass is 291 g/mol. The van der Waals surface area contributed by atoms with Gasteiger partial charge in [-0.25, -0.2) is 0 Å². The fraction of sp³-hybridized carbons (Fsp3) is 0.667. The van der Waals surface area contributed by atoms with E-state index in [2.05, 4.69) is 51.2 Å².